The molecule has 86 valence electrons. The van der Waals surface area contributed by atoms with E-state index in [0.717, 1.165) is 17.7 Å². The fourth-order valence-electron chi connectivity index (χ4n) is 1.40. The number of hydrazine groups is 1. The van der Waals surface area contributed by atoms with Crippen molar-refractivity contribution in [1.82, 2.24) is 5.43 Å². The molecule has 0 bridgehead atoms. The van der Waals surface area contributed by atoms with Crippen molar-refractivity contribution in [3.8, 4) is 0 Å². The molecule has 0 radical (unpaired) electrons. The van der Waals surface area contributed by atoms with Crippen molar-refractivity contribution in [2.75, 3.05) is 12.1 Å². The van der Waals surface area contributed by atoms with E-state index in [1.54, 1.807) is 0 Å². The Morgan fingerprint density at radius 2 is 2.00 bits per heavy atom. The zero-order chi connectivity index (χ0) is 12.1. The highest BCUT2D eigenvalue weighted by Gasteiger charge is 2.01. The van der Waals surface area contributed by atoms with Gasteiger partial charge in [-0.2, -0.15) is 0 Å². The van der Waals surface area contributed by atoms with E-state index in [1.807, 2.05) is 25.0 Å². The topological polar surface area (TPSA) is 32.3 Å². The molecule has 1 rings (SSSR count). The summed E-state index contributed by atoms with van der Waals surface area (Å²) in [6.07, 6.45) is 2.27. The molecular formula is C13H18N2O. The predicted octanol–water partition coefficient (Wildman–Crippen LogP) is 2.35. The SMILES string of the molecule is C/C(=C/C=O)NN(C)c1ccc(C)c(C)c1. The number of allylic oxidation sites excluding steroid dienone is 2. The van der Waals surface area contributed by atoms with E-state index in [0.29, 0.717) is 0 Å². The molecule has 0 heterocycles. The van der Waals surface area contributed by atoms with E-state index in [2.05, 4.69) is 31.4 Å². The molecule has 0 aliphatic carbocycles. The van der Waals surface area contributed by atoms with Crippen molar-refractivity contribution in [3.63, 3.8) is 0 Å². The Balaban J connectivity index is 2.80. The monoisotopic (exact) mass is 218 g/mol. The van der Waals surface area contributed by atoms with Crippen molar-refractivity contribution in [2.24, 2.45) is 0 Å². The Bertz CT molecular complexity index is 410. The van der Waals surface area contributed by atoms with Crippen LogP contribution >= 0.6 is 0 Å². The van der Waals surface area contributed by atoms with Gasteiger partial charge in [-0.1, -0.05) is 6.07 Å². The number of carbonyl (C=O) groups excluding carboxylic acids is 1. The fraction of sp³-hybridized carbons (Fsp3) is 0.308. The number of nitrogens with zero attached hydrogens (tertiary/aromatic N) is 1. The molecule has 0 aliphatic rings. The van der Waals surface area contributed by atoms with Gasteiger partial charge in [-0.3, -0.25) is 9.80 Å². The van der Waals surface area contributed by atoms with Gasteiger partial charge in [0, 0.05) is 12.7 Å². The molecule has 1 aromatic carbocycles. The van der Waals surface area contributed by atoms with E-state index < -0.39 is 0 Å². The van der Waals surface area contributed by atoms with E-state index in [9.17, 15) is 4.79 Å². The van der Waals surface area contributed by atoms with Crippen LogP contribution in [0.2, 0.25) is 0 Å². The van der Waals surface area contributed by atoms with Gasteiger partial charge in [0.2, 0.25) is 0 Å². The molecule has 0 saturated heterocycles. The Morgan fingerprint density at radius 3 is 2.56 bits per heavy atom. The van der Waals surface area contributed by atoms with Crippen LogP contribution in [0.5, 0.6) is 0 Å². The van der Waals surface area contributed by atoms with Gasteiger partial charge in [0.15, 0.2) is 0 Å². The smallest absolute Gasteiger partial charge is 0.144 e. The number of hydrogen-bond acceptors (Lipinski definition) is 3. The van der Waals surface area contributed by atoms with Gasteiger partial charge in [-0.05, 0) is 50.1 Å². The molecule has 0 saturated carbocycles. The zero-order valence-corrected chi connectivity index (χ0v) is 10.2. The van der Waals surface area contributed by atoms with E-state index >= 15 is 0 Å². The summed E-state index contributed by atoms with van der Waals surface area (Å²) in [6, 6.07) is 6.24. The van der Waals surface area contributed by atoms with Crippen molar-refractivity contribution >= 4 is 12.0 Å². The highest BCUT2D eigenvalue weighted by molar-refractivity contribution is 5.65. The summed E-state index contributed by atoms with van der Waals surface area (Å²) in [5, 5.41) is 1.89. The first-order valence-electron chi connectivity index (χ1n) is 5.24. The first-order valence-corrected chi connectivity index (χ1v) is 5.24. The third-order valence-corrected chi connectivity index (χ3v) is 2.54. The number of aryl methyl sites for hydroxylation is 2. The maximum Gasteiger partial charge on any atom is 0.144 e. The molecule has 1 N–H and O–H groups in total. The molecule has 3 heteroatoms. The lowest BCUT2D eigenvalue weighted by Gasteiger charge is -2.22. The molecule has 16 heavy (non-hydrogen) atoms. The van der Waals surface area contributed by atoms with E-state index in [4.69, 9.17) is 0 Å². The zero-order valence-electron chi connectivity index (χ0n) is 10.2. The average Bonchev–Trinajstić information content (AvgIpc) is 2.22. The van der Waals surface area contributed by atoms with Crippen LogP contribution in [0.25, 0.3) is 0 Å². The molecule has 0 amide bonds. The Hall–Kier alpha value is -1.77. The maximum atomic E-state index is 10.3. The highest BCUT2D eigenvalue weighted by Crippen LogP contribution is 2.16. The number of carbonyl (C=O) groups is 1. The van der Waals surface area contributed by atoms with Gasteiger partial charge in [-0.15, -0.1) is 0 Å². The number of rotatable bonds is 4. The van der Waals surface area contributed by atoms with Crippen LogP contribution in [0.1, 0.15) is 18.1 Å². The number of nitrogens with one attached hydrogen (secondary N) is 1. The maximum absolute atomic E-state index is 10.3. The molecule has 0 unspecified atom stereocenters. The molecule has 1 aromatic rings. The van der Waals surface area contributed by atoms with Crippen LogP contribution in [0.3, 0.4) is 0 Å². The second-order valence-electron chi connectivity index (χ2n) is 3.93. The first-order chi connectivity index (χ1) is 7.54. The summed E-state index contributed by atoms with van der Waals surface area (Å²) in [7, 11) is 1.92. The molecule has 0 spiro atoms. The summed E-state index contributed by atoms with van der Waals surface area (Å²) in [6.45, 7) is 6.02. The number of anilines is 1. The number of aldehydes is 1. The first kappa shape index (κ1) is 12.3. The van der Waals surface area contributed by atoms with Gasteiger partial charge in [0.05, 0.1) is 5.69 Å². The highest BCUT2D eigenvalue weighted by atomic mass is 16.1. The van der Waals surface area contributed by atoms with Crippen LogP contribution in [0.4, 0.5) is 5.69 Å². The second kappa shape index (κ2) is 5.35. The minimum atomic E-state index is 0.774. The lowest BCUT2D eigenvalue weighted by molar-refractivity contribution is -0.104. The molecular weight excluding hydrogens is 200 g/mol. The normalized spacial score (nSPS) is 11.1. The summed E-state index contributed by atoms with van der Waals surface area (Å²) in [5.41, 5.74) is 7.52. The van der Waals surface area contributed by atoms with E-state index in [-0.39, 0.29) is 0 Å². The standard InChI is InChI=1S/C13H18N2O/c1-10-5-6-13(9-11(10)2)15(4)14-12(3)7-8-16/h5-9,14H,1-4H3/b12-7-. The van der Waals surface area contributed by atoms with Crippen molar-refractivity contribution in [2.45, 2.75) is 20.8 Å². The summed E-state index contributed by atoms with van der Waals surface area (Å²) < 4.78 is 0. The van der Waals surface area contributed by atoms with Crippen molar-refractivity contribution < 1.29 is 4.79 Å². The summed E-state index contributed by atoms with van der Waals surface area (Å²) in [5.74, 6) is 0. The van der Waals surface area contributed by atoms with Gasteiger partial charge in [0.1, 0.15) is 6.29 Å². The molecule has 0 aromatic heterocycles. The predicted molar refractivity (Wildman–Crippen MR) is 67.3 cm³/mol. The Morgan fingerprint density at radius 1 is 1.31 bits per heavy atom. The van der Waals surface area contributed by atoms with Crippen LogP contribution < -0.4 is 10.4 Å². The Labute approximate surface area is 96.7 Å². The van der Waals surface area contributed by atoms with Gasteiger partial charge in [-0.25, -0.2) is 0 Å². The molecule has 0 fully saturated rings. The Kier molecular flexibility index (Phi) is 4.11. The number of benzene rings is 1. The fourth-order valence-corrected chi connectivity index (χ4v) is 1.40. The van der Waals surface area contributed by atoms with Crippen LogP contribution in [0, 0.1) is 13.8 Å². The molecule has 3 nitrogen and oxygen atoms in total. The van der Waals surface area contributed by atoms with Crippen molar-refractivity contribution in [3.05, 3.63) is 41.1 Å². The third kappa shape index (κ3) is 3.12. The second-order valence-corrected chi connectivity index (χ2v) is 3.93. The third-order valence-electron chi connectivity index (χ3n) is 2.54. The van der Waals surface area contributed by atoms with Crippen LogP contribution in [0.15, 0.2) is 30.0 Å². The van der Waals surface area contributed by atoms with Crippen molar-refractivity contribution in [1.29, 1.82) is 0 Å². The minimum absolute atomic E-state index is 0.774. The molecule has 0 aliphatic heterocycles. The average molecular weight is 218 g/mol. The van der Waals surface area contributed by atoms with E-state index in [1.165, 1.54) is 17.2 Å². The van der Waals surface area contributed by atoms with Gasteiger partial charge in [0.25, 0.3) is 0 Å². The summed E-state index contributed by atoms with van der Waals surface area (Å²) >= 11 is 0. The van der Waals surface area contributed by atoms with Gasteiger partial charge >= 0.3 is 0 Å². The quantitative estimate of drug-likeness (QED) is 0.478. The summed E-state index contributed by atoms with van der Waals surface area (Å²) in [4.78, 5) is 10.3. The van der Waals surface area contributed by atoms with Gasteiger partial charge < -0.3 is 5.43 Å². The van der Waals surface area contributed by atoms with Crippen LogP contribution in [-0.4, -0.2) is 13.3 Å². The lowest BCUT2D eigenvalue weighted by Crippen LogP contribution is -2.32. The lowest BCUT2D eigenvalue weighted by atomic mass is 10.1. The van der Waals surface area contributed by atoms with Crippen LogP contribution in [-0.2, 0) is 4.79 Å². The number of hydrogen-bond donors (Lipinski definition) is 1. The largest absolute Gasteiger partial charge is 0.303 e. The molecule has 0 atom stereocenters. The minimum Gasteiger partial charge on any atom is -0.303 e.